The predicted molar refractivity (Wildman–Crippen MR) is 76.4 cm³/mol. The van der Waals surface area contributed by atoms with Crippen molar-refractivity contribution < 1.29 is 22.7 Å². The van der Waals surface area contributed by atoms with Crippen LogP contribution in [-0.4, -0.2) is 19.6 Å². The quantitative estimate of drug-likeness (QED) is 0.834. The van der Waals surface area contributed by atoms with E-state index in [4.69, 9.17) is 4.74 Å². The molecule has 0 aliphatic rings. The number of ether oxygens (including phenoxy) is 1. The van der Waals surface area contributed by atoms with E-state index in [9.17, 15) is 18.0 Å². The molecule has 0 atom stereocenters. The zero-order chi connectivity index (χ0) is 16.1. The molecule has 0 aliphatic carbocycles. The van der Waals surface area contributed by atoms with Crippen molar-refractivity contribution in [3.05, 3.63) is 53.8 Å². The molecule has 1 amide bonds. The summed E-state index contributed by atoms with van der Waals surface area (Å²) in [5.74, 6) is -4.30. The Hall–Kier alpha value is -2.70. The lowest BCUT2D eigenvalue weighted by Crippen LogP contribution is -2.22. The molecule has 2 aromatic carbocycles. The summed E-state index contributed by atoms with van der Waals surface area (Å²) in [6.07, 6.45) is 0. The van der Waals surface area contributed by atoms with Crippen LogP contribution in [0.1, 0.15) is 0 Å². The van der Waals surface area contributed by atoms with Gasteiger partial charge in [0.2, 0.25) is 5.91 Å². The second-order valence-electron chi connectivity index (χ2n) is 4.35. The van der Waals surface area contributed by atoms with Crippen molar-refractivity contribution in [2.75, 3.05) is 24.3 Å². The van der Waals surface area contributed by atoms with E-state index in [2.05, 4.69) is 10.6 Å². The molecule has 2 aromatic rings. The van der Waals surface area contributed by atoms with Crippen LogP contribution in [0.2, 0.25) is 0 Å². The molecular weight excluding hydrogens is 297 g/mol. The SMILES string of the molecule is COc1ccc(NCC(=O)Nc2ccc(F)c(F)c2F)cc1. The van der Waals surface area contributed by atoms with Crippen LogP contribution in [0.5, 0.6) is 5.75 Å². The molecular formula is C15H13F3N2O2. The van der Waals surface area contributed by atoms with Crippen LogP contribution >= 0.6 is 0 Å². The van der Waals surface area contributed by atoms with E-state index < -0.39 is 29.0 Å². The Bertz CT molecular complexity index is 675. The average molecular weight is 310 g/mol. The van der Waals surface area contributed by atoms with E-state index in [0.717, 1.165) is 12.1 Å². The van der Waals surface area contributed by atoms with E-state index in [-0.39, 0.29) is 6.54 Å². The second kappa shape index (κ2) is 6.84. The van der Waals surface area contributed by atoms with Crippen molar-refractivity contribution in [3.8, 4) is 5.75 Å². The van der Waals surface area contributed by atoms with Gasteiger partial charge >= 0.3 is 0 Å². The zero-order valence-electron chi connectivity index (χ0n) is 11.6. The smallest absolute Gasteiger partial charge is 0.243 e. The summed E-state index contributed by atoms with van der Waals surface area (Å²) >= 11 is 0. The molecule has 22 heavy (non-hydrogen) atoms. The number of anilines is 2. The fourth-order valence-corrected chi connectivity index (χ4v) is 1.71. The maximum atomic E-state index is 13.4. The van der Waals surface area contributed by atoms with Crippen molar-refractivity contribution in [3.63, 3.8) is 0 Å². The number of nitrogens with one attached hydrogen (secondary N) is 2. The van der Waals surface area contributed by atoms with Crippen LogP contribution in [-0.2, 0) is 4.79 Å². The van der Waals surface area contributed by atoms with E-state index in [1.807, 2.05) is 0 Å². The standard InChI is InChI=1S/C15H13F3N2O2/c1-22-10-4-2-9(3-5-10)19-8-13(21)20-12-7-6-11(16)14(17)15(12)18/h2-7,19H,8H2,1H3,(H,20,21). The Kier molecular flexibility index (Phi) is 4.88. The van der Waals surface area contributed by atoms with Gasteiger partial charge in [-0.1, -0.05) is 0 Å². The van der Waals surface area contributed by atoms with Gasteiger partial charge in [0.15, 0.2) is 17.5 Å². The van der Waals surface area contributed by atoms with Crippen molar-refractivity contribution in [2.24, 2.45) is 0 Å². The maximum absolute atomic E-state index is 13.4. The van der Waals surface area contributed by atoms with Gasteiger partial charge in [0.1, 0.15) is 5.75 Å². The lowest BCUT2D eigenvalue weighted by atomic mass is 10.2. The predicted octanol–water partition coefficient (Wildman–Crippen LogP) is 3.16. The van der Waals surface area contributed by atoms with Crippen LogP contribution in [0.3, 0.4) is 0 Å². The second-order valence-corrected chi connectivity index (χ2v) is 4.35. The van der Waals surface area contributed by atoms with Gasteiger partial charge in [0.25, 0.3) is 0 Å². The zero-order valence-corrected chi connectivity index (χ0v) is 11.6. The molecule has 2 N–H and O–H groups in total. The van der Waals surface area contributed by atoms with Gasteiger partial charge < -0.3 is 15.4 Å². The molecule has 0 aliphatic heterocycles. The van der Waals surface area contributed by atoms with Gasteiger partial charge in [-0.15, -0.1) is 0 Å². The minimum Gasteiger partial charge on any atom is -0.497 e. The highest BCUT2D eigenvalue weighted by atomic mass is 19.2. The molecule has 0 saturated heterocycles. The number of rotatable bonds is 5. The number of benzene rings is 2. The van der Waals surface area contributed by atoms with Crippen LogP contribution in [0.4, 0.5) is 24.5 Å². The third-order valence-electron chi connectivity index (χ3n) is 2.85. The molecule has 0 bridgehead atoms. The van der Waals surface area contributed by atoms with Crippen molar-refractivity contribution in [1.82, 2.24) is 0 Å². The number of hydrogen-bond donors (Lipinski definition) is 2. The molecule has 0 unspecified atom stereocenters. The third-order valence-corrected chi connectivity index (χ3v) is 2.85. The summed E-state index contributed by atoms with van der Waals surface area (Å²) in [6.45, 7) is -0.162. The molecule has 0 spiro atoms. The first-order valence-corrected chi connectivity index (χ1v) is 6.32. The summed E-state index contributed by atoms with van der Waals surface area (Å²) in [5, 5.41) is 4.97. The Morgan fingerprint density at radius 2 is 1.73 bits per heavy atom. The van der Waals surface area contributed by atoms with Crippen LogP contribution < -0.4 is 15.4 Å². The first-order valence-electron chi connectivity index (χ1n) is 6.32. The monoisotopic (exact) mass is 310 g/mol. The molecule has 4 nitrogen and oxygen atoms in total. The maximum Gasteiger partial charge on any atom is 0.243 e. The minimum atomic E-state index is -1.62. The van der Waals surface area contributed by atoms with Crippen LogP contribution in [0.25, 0.3) is 0 Å². The van der Waals surface area contributed by atoms with Gasteiger partial charge in [0.05, 0.1) is 19.3 Å². The number of carbonyl (C=O) groups excluding carboxylic acids is 1. The summed E-state index contributed by atoms with van der Waals surface area (Å²) < 4.78 is 44.2. The molecule has 2 rings (SSSR count). The van der Waals surface area contributed by atoms with Crippen molar-refractivity contribution >= 4 is 17.3 Å². The van der Waals surface area contributed by atoms with Crippen molar-refractivity contribution in [1.29, 1.82) is 0 Å². The molecule has 7 heteroatoms. The minimum absolute atomic E-state index is 0.162. The first kappa shape index (κ1) is 15.7. The average Bonchev–Trinajstić information content (AvgIpc) is 2.54. The number of hydrogen-bond acceptors (Lipinski definition) is 3. The fraction of sp³-hybridized carbons (Fsp3) is 0.133. The van der Waals surface area contributed by atoms with Crippen molar-refractivity contribution in [2.45, 2.75) is 0 Å². The number of carbonyl (C=O) groups is 1. The third kappa shape index (κ3) is 3.69. The summed E-state index contributed by atoms with van der Waals surface area (Å²) in [4.78, 5) is 11.7. The van der Waals surface area contributed by atoms with Gasteiger partial charge in [-0.2, -0.15) is 0 Å². The molecule has 0 heterocycles. The lowest BCUT2D eigenvalue weighted by Gasteiger charge is -2.09. The molecule has 0 radical (unpaired) electrons. The number of halogens is 3. The first-order chi connectivity index (χ1) is 10.5. The van der Waals surface area contributed by atoms with Crippen LogP contribution in [0.15, 0.2) is 36.4 Å². The largest absolute Gasteiger partial charge is 0.497 e. The highest BCUT2D eigenvalue weighted by molar-refractivity contribution is 5.93. The van der Waals surface area contributed by atoms with E-state index in [0.29, 0.717) is 11.4 Å². The Labute approximate surface area is 124 Å². The molecule has 0 saturated carbocycles. The van der Waals surface area contributed by atoms with Gasteiger partial charge in [-0.25, -0.2) is 13.2 Å². The van der Waals surface area contributed by atoms with Gasteiger partial charge in [0, 0.05) is 5.69 Å². The number of amides is 1. The summed E-state index contributed by atoms with van der Waals surface area (Å²) in [5.41, 5.74) is 0.238. The van der Waals surface area contributed by atoms with E-state index in [1.54, 1.807) is 24.3 Å². The van der Waals surface area contributed by atoms with Gasteiger partial charge in [-0.05, 0) is 36.4 Å². The van der Waals surface area contributed by atoms with Crippen LogP contribution in [0, 0.1) is 17.5 Å². The molecule has 116 valence electrons. The number of methoxy groups -OCH3 is 1. The summed E-state index contributed by atoms with van der Waals surface area (Å²) in [6, 6.07) is 8.50. The molecule has 0 fully saturated rings. The lowest BCUT2D eigenvalue weighted by molar-refractivity contribution is -0.114. The highest BCUT2D eigenvalue weighted by Gasteiger charge is 2.14. The Morgan fingerprint density at radius 3 is 2.36 bits per heavy atom. The Balaban J connectivity index is 1.94. The summed E-state index contributed by atoms with van der Waals surface area (Å²) in [7, 11) is 1.53. The van der Waals surface area contributed by atoms with E-state index in [1.165, 1.54) is 7.11 Å². The fourth-order valence-electron chi connectivity index (χ4n) is 1.71. The highest BCUT2D eigenvalue weighted by Crippen LogP contribution is 2.19. The topological polar surface area (TPSA) is 50.4 Å². The normalized spacial score (nSPS) is 10.2. The van der Waals surface area contributed by atoms with Gasteiger partial charge in [-0.3, -0.25) is 4.79 Å². The molecule has 0 aromatic heterocycles. The Morgan fingerprint density at radius 1 is 1.05 bits per heavy atom. The van der Waals surface area contributed by atoms with E-state index >= 15 is 0 Å².